The van der Waals surface area contributed by atoms with Crippen LogP contribution in [-0.4, -0.2) is 33.9 Å². The normalized spacial score (nSPS) is 14.5. The van der Waals surface area contributed by atoms with E-state index in [0.29, 0.717) is 18.8 Å². The Morgan fingerprint density at radius 2 is 1.78 bits per heavy atom. The summed E-state index contributed by atoms with van der Waals surface area (Å²) in [6, 6.07) is 7.34. The molecular weight excluding hydrogens is 349 g/mol. The number of benzene rings is 1. The molecular formula is C19H22FN5O2. The summed E-state index contributed by atoms with van der Waals surface area (Å²) < 4.78 is 19.5. The number of carbonyl (C=O) groups is 1. The molecule has 0 fully saturated rings. The predicted molar refractivity (Wildman–Crippen MR) is 102 cm³/mol. The molecule has 1 aromatic heterocycles. The summed E-state index contributed by atoms with van der Waals surface area (Å²) in [5.41, 5.74) is 0.982. The SMILES string of the molecule is COc1ccc(Nc2nc(NC(C)C)nc(C3=C(F)C(=O)CCC3)n2)cc1. The van der Waals surface area contributed by atoms with Crippen LogP contribution in [0, 0.1) is 0 Å². The molecule has 0 saturated carbocycles. The molecule has 0 unspecified atom stereocenters. The molecule has 1 aliphatic carbocycles. The first-order valence-electron chi connectivity index (χ1n) is 8.82. The van der Waals surface area contributed by atoms with E-state index in [-0.39, 0.29) is 29.8 Å². The number of Topliss-reactive ketones (excluding diaryl/α,β-unsaturated/α-hetero) is 1. The Morgan fingerprint density at radius 3 is 2.44 bits per heavy atom. The van der Waals surface area contributed by atoms with Crippen molar-refractivity contribution in [1.82, 2.24) is 15.0 Å². The molecule has 2 aromatic rings. The van der Waals surface area contributed by atoms with E-state index in [2.05, 4.69) is 25.6 Å². The molecule has 1 aromatic carbocycles. The maximum absolute atomic E-state index is 14.3. The van der Waals surface area contributed by atoms with Gasteiger partial charge in [0, 0.05) is 23.7 Å². The second kappa shape index (κ2) is 8.11. The zero-order chi connectivity index (χ0) is 19.4. The molecule has 0 bridgehead atoms. The zero-order valence-corrected chi connectivity index (χ0v) is 15.5. The quantitative estimate of drug-likeness (QED) is 0.796. The van der Waals surface area contributed by atoms with Crippen molar-refractivity contribution in [3.8, 4) is 5.75 Å². The summed E-state index contributed by atoms with van der Waals surface area (Å²) in [6.45, 7) is 3.90. The van der Waals surface area contributed by atoms with Crippen LogP contribution in [0.1, 0.15) is 38.9 Å². The number of ketones is 1. The minimum atomic E-state index is -0.752. The standard InChI is InChI=1S/C19H22FN5O2/c1-11(2)21-18-23-17(14-5-4-6-15(26)16(14)20)24-19(25-18)22-12-7-9-13(27-3)10-8-12/h7-11H,4-6H2,1-3H3,(H2,21,22,23,24,25). The molecule has 0 atom stereocenters. The van der Waals surface area contributed by atoms with Crippen LogP contribution in [0.4, 0.5) is 22.0 Å². The topological polar surface area (TPSA) is 89.0 Å². The lowest BCUT2D eigenvalue weighted by molar-refractivity contribution is -0.117. The summed E-state index contributed by atoms with van der Waals surface area (Å²) in [5, 5.41) is 6.19. The van der Waals surface area contributed by atoms with Crippen molar-refractivity contribution in [2.24, 2.45) is 0 Å². The summed E-state index contributed by atoms with van der Waals surface area (Å²) in [5.74, 6) is 0.246. The second-order valence-electron chi connectivity index (χ2n) is 6.53. The number of aromatic nitrogens is 3. The number of allylic oxidation sites excluding steroid dienone is 2. The maximum atomic E-state index is 14.3. The average Bonchev–Trinajstić information content (AvgIpc) is 2.64. The highest BCUT2D eigenvalue weighted by atomic mass is 19.1. The fraction of sp³-hybridized carbons (Fsp3) is 0.368. The van der Waals surface area contributed by atoms with E-state index in [1.165, 1.54) is 0 Å². The number of nitrogens with zero attached hydrogens (tertiary/aromatic N) is 3. The first kappa shape index (κ1) is 18.8. The maximum Gasteiger partial charge on any atom is 0.232 e. The van der Waals surface area contributed by atoms with Gasteiger partial charge in [-0.3, -0.25) is 4.79 Å². The lowest BCUT2D eigenvalue weighted by Gasteiger charge is -2.16. The Labute approximate surface area is 157 Å². The van der Waals surface area contributed by atoms with Crippen LogP contribution in [0.15, 0.2) is 30.1 Å². The van der Waals surface area contributed by atoms with Gasteiger partial charge in [0.05, 0.1) is 7.11 Å². The van der Waals surface area contributed by atoms with Crippen molar-refractivity contribution in [2.45, 2.75) is 39.2 Å². The van der Waals surface area contributed by atoms with Gasteiger partial charge in [0.25, 0.3) is 0 Å². The van der Waals surface area contributed by atoms with Gasteiger partial charge in [0.1, 0.15) is 5.75 Å². The van der Waals surface area contributed by atoms with Gasteiger partial charge in [0.15, 0.2) is 17.4 Å². The predicted octanol–water partition coefficient (Wildman–Crippen LogP) is 3.88. The minimum Gasteiger partial charge on any atom is -0.497 e. The van der Waals surface area contributed by atoms with E-state index in [4.69, 9.17) is 4.74 Å². The van der Waals surface area contributed by atoms with Crippen molar-refractivity contribution in [3.63, 3.8) is 0 Å². The molecule has 3 rings (SSSR count). The van der Waals surface area contributed by atoms with Gasteiger partial charge in [-0.1, -0.05) is 0 Å². The summed E-state index contributed by atoms with van der Waals surface area (Å²) in [6.07, 6.45) is 1.22. The van der Waals surface area contributed by atoms with E-state index in [1.807, 2.05) is 26.0 Å². The molecule has 1 aliphatic rings. The number of hydrogen-bond donors (Lipinski definition) is 2. The number of hydrogen-bond acceptors (Lipinski definition) is 7. The van der Waals surface area contributed by atoms with Crippen LogP contribution in [0.2, 0.25) is 0 Å². The first-order valence-corrected chi connectivity index (χ1v) is 8.82. The van der Waals surface area contributed by atoms with E-state index < -0.39 is 11.6 Å². The zero-order valence-electron chi connectivity index (χ0n) is 15.5. The lowest BCUT2D eigenvalue weighted by Crippen LogP contribution is -2.16. The number of rotatable bonds is 6. The third-order valence-corrected chi connectivity index (χ3v) is 4.01. The fourth-order valence-electron chi connectivity index (χ4n) is 2.72. The Morgan fingerprint density at radius 1 is 1.07 bits per heavy atom. The van der Waals surface area contributed by atoms with Gasteiger partial charge >= 0.3 is 0 Å². The number of nitrogens with one attached hydrogen (secondary N) is 2. The number of carbonyl (C=O) groups excluding carboxylic acids is 1. The highest BCUT2D eigenvalue weighted by Gasteiger charge is 2.24. The van der Waals surface area contributed by atoms with Gasteiger partial charge < -0.3 is 15.4 Å². The smallest absolute Gasteiger partial charge is 0.232 e. The molecule has 2 N–H and O–H groups in total. The monoisotopic (exact) mass is 371 g/mol. The average molecular weight is 371 g/mol. The second-order valence-corrected chi connectivity index (χ2v) is 6.53. The van der Waals surface area contributed by atoms with Gasteiger partial charge in [-0.15, -0.1) is 0 Å². The van der Waals surface area contributed by atoms with Crippen molar-refractivity contribution in [3.05, 3.63) is 35.9 Å². The highest BCUT2D eigenvalue weighted by Crippen LogP contribution is 2.30. The van der Waals surface area contributed by atoms with Crippen LogP contribution < -0.4 is 15.4 Å². The van der Waals surface area contributed by atoms with E-state index in [9.17, 15) is 9.18 Å². The van der Waals surface area contributed by atoms with Gasteiger partial charge in [0.2, 0.25) is 11.9 Å². The summed E-state index contributed by atoms with van der Waals surface area (Å²) in [4.78, 5) is 24.7. The van der Waals surface area contributed by atoms with E-state index in [0.717, 1.165) is 11.4 Å². The van der Waals surface area contributed by atoms with Crippen LogP contribution in [0.25, 0.3) is 5.57 Å². The van der Waals surface area contributed by atoms with Crippen LogP contribution in [0.5, 0.6) is 5.75 Å². The molecule has 0 radical (unpaired) electrons. The molecule has 1 heterocycles. The Balaban J connectivity index is 1.97. The largest absolute Gasteiger partial charge is 0.497 e. The van der Waals surface area contributed by atoms with E-state index in [1.54, 1.807) is 19.2 Å². The Bertz CT molecular complexity index is 865. The molecule has 27 heavy (non-hydrogen) atoms. The third-order valence-electron chi connectivity index (χ3n) is 4.01. The minimum absolute atomic E-state index is 0.0842. The molecule has 8 heteroatoms. The fourth-order valence-corrected chi connectivity index (χ4v) is 2.72. The van der Waals surface area contributed by atoms with Gasteiger partial charge in [-0.25, -0.2) is 4.39 Å². The van der Waals surface area contributed by atoms with Crippen molar-refractivity contribution < 1.29 is 13.9 Å². The number of ether oxygens (including phenoxy) is 1. The van der Waals surface area contributed by atoms with Crippen LogP contribution in [-0.2, 0) is 4.79 Å². The van der Waals surface area contributed by atoms with Gasteiger partial charge in [-0.2, -0.15) is 15.0 Å². The van der Waals surface area contributed by atoms with Crippen LogP contribution >= 0.6 is 0 Å². The van der Waals surface area contributed by atoms with Crippen molar-refractivity contribution in [2.75, 3.05) is 17.7 Å². The molecule has 0 spiro atoms. The molecule has 0 aliphatic heterocycles. The van der Waals surface area contributed by atoms with Crippen LogP contribution in [0.3, 0.4) is 0 Å². The highest BCUT2D eigenvalue weighted by molar-refractivity contribution is 6.01. The molecule has 0 saturated heterocycles. The number of halogens is 1. The van der Waals surface area contributed by atoms with Gasteiger partial charge in [-0.05, 0) is 51.0 Å². The van der Waals surface area contributed by atoms with Crippen molar-refractivity contribution in [1.29, 1.82) is 0 Å². The lowest BCUT2D eigenvalue weighted by atomic mass is 9.97. The molecule has 7 nitrogen and oxygen atoms in total. The Kier molecular flexibility index (Phi) is 5.63. The first-order chi connectivity index (χ1) is 13.0. The molecule has 142 valence electrons. The van der Waals surface area contributed by atoms with E-state index >= 15 is 0 Å². The summed E-state index contributed by atoms with van der Waals surface area (Å²) in [7, 11) is 1.60. The number of methoxy groups -OCH3 is 1. The van der Waals surface area contributed by atoms with Crippen molar-refractivity contribution >= 4 is 28.9 Å². The molecule has 0 amide bonds. The summed E-state index contributed by atoms with van der Waals surface area (Å²) >= 11 is 0. The third kappa shape index (κ3) is 4.58. The Hall–Kier alpha value is -3.03. The number of anilines is 3.